The third-order valence-corrected chi connectivity index (χ3v) is 3.27. The minimum atomic E-state index is -0.916. The number of aromatic nitrogens is 1. The largest absolute Gasteiger partial charge is 0.355 e. The molecule has 4 nitrogen and oxygen atoms in total. The molecular weight excluding hydrogens is 312 g/mol. The van der Waals surface area contributed by atoms with Gasteiger partial charge in [0.15, 0.2) is 11.6 Å². The Kier molecular flexibility index (Phi) is 4.47. The number of nitrogens with zero attached hydrogens (tertiary/aromatic N) is 1. The van der Waals surface area contributed by atoms with E-state index in [4.69, 9.17) is 0 Å². The van der Waals surface area contributed by atoms with E-state index < -0.39 is 11.6 Å². The Balaban J connectivity index is 1.67. The molecule has 2 aromatic carbocycles. The third kappa shape index (κ3) is 3.73. The van der Waals surface area contributed by atoms with Crippen LogP contribution in [0.5, 0.6) is 0 Å². The van der Waals surface area contributed by atoms with E-state index >= 15 is 0 Å². The second-order valence-corrected chi connectivity index (χ2v) is 5.03. The van der Waals surface area contributed by atoms with Gasteiger partial charge < -0.3 is 10.6 Å². The predicted molar refractivity (Wildman–Crippen MR) is 88.3 cm³/mol. The first-order chi connectivity index (χ1) is 11.6. The summed E-state index contributed by atoms with van der Waals surface area (Å²) in [6.45, 7) is 0. The van der Waals surface area contributed by atoms with E-state index in [9.17, 15) is 13.6 Å². The topological polar surface area (TPSA) is 54.0 Å². The van der Waals surface area contributed by atoms with Gasteiger partial charge in [0, 0.05) is 35.5 Å². The van der Waals surface area contributed by atoms with Crippen LogP contribution in [0.25, 0.3) is 0 Å². The number of nitrogens with one attached hydrogen (secondary N) is 2. The van der Waals surface area contributed by atoms with Gasteiger partial charge in [-0.25, -0.2) is 8.78 Å². The summed E-state index contributed by atoms with van der Waals surface area (Å²) < 4.78 is 26.1. The molecule has 0 spiro atoms. The van der Waals surface area contributed by atoms with Crippen molar-refractivity contribution >= 4 is 23.0 Å². The Morgan fingerprint density at radius 3 is 2.25 bits per heavy atom. The Bertz CT molecular complexity index is 852. The molecule has 6 heteroatoms. The molecule has 0 bridgehead atoms. The first kappa shape index (κ1) is 15.6. The summed E-state index contributed by atoms with van der Waals surface area (Å²) in [5.41, 5.74) is 2.18. The maximum atomic E-state index is 13.2. The quantitative estimate of drug-likeness (QED) is 0.749. The summed E-state index contributed by atoms with van der Waals surface area (Å²) in [6.07, 6.45) is 3.07. The fourth-order valence-electron chi connectivity index (χ4n) is 2.08. The van der Waals surface area contributed by atoms with E-state index in [1.165, 1.54) is 12.3 Å². The summed E-state index contributed by atoms with van der Waals surface area (Å²) in [6, 6.07) is 13.8. The molecule has 3 aromatic rings. The second kappa shape index (κ2) is 6.87. The van der Waals surface area contributed by atoms with Gasteiger partial charge in [-0.2, -0.15) is 0 Å². The van der Waals surface area contributed by atoms with E-state index in [0.29, 0.717) is 22.6 Å². The van der Waals surface area contributed by atoms with Gasteiger partial charge in [-0.1, -0.05) is 0 Å². The molecule has 1 amide bonds. The molecule has 0 fully saturated rings. The zero-order valence-corrected chi connectivity index (χ0v) is 12.5. The summed E-state index contributed by atoms with van der Waals surface area (Å²) >= 11 is 0. The van der Waals surface area contributed by atoms with Crippen LogP contribution < -0.4 is 10.6 Å². The number of halogens is 2. The van der Waals surface area contributed by atoms with Gasteiger partial charge >= 0.3 is 0 Å². The average molecular weight is 325 g/mol. The molecule has 0 saturated heterocycles. The predicted octanol–water partition coefficient (Wildman–Crippen LogP) is 4.36. The molecule has 2 N–H and O–H groups in total. The molecule has 24 heavy (non-hydrogen) atoms. The monoisotopic (exact) mass is 325 g/mol. The molecule has 120 valence electrons. The number of hydrogen-bond acceptors (Lipinski definition) is 3. The van der Waals surface area contributed by atoms with Crippen LogP contribution in [0.2, 0.25) is 0 Å². The SMILES string of the molecule is O=C(Nc1ccc(Nc2ccc(F)c(F)c2)cc1)c1cccnc1. The van der Waals surface area contributed by atoms with Crippen molar-refractivity contribution in [2.75, 3.05) is 10.6 Å². The Morgan fingerprint density at radius 1 is 0.875 bits per heavy atom. The van der Waals surface area contributed by atoms with E-state index in [1.54, 1.807) is 42.6 Å². The number of benzene rings is 2. The van der Waals surface area contributed by atoms with Gasteiger partial charge in [0.05, 0.1) is 5.56 Å². The number of hydrogen-bond donors (Lipinski definition) is 2. The Hall–Kier alpha value is -3.28. The highest BCUT2D eigenvalue weighted by Gasteiger charge is 2.06. The zero-order chi connectivity index (χ0) is 16.9. The average Bonchev–Trinajstić information content (AvgIpc) is 2.61. The van der Waals surface area contributed by atoms with E-state index in [2.05, 4.69) is 15.6 Å². The van der Waals surface area contributed by atoms with Gasteiger partial charge in [0.1, 0.15) is 0 Å². The van der Waals surface area contributed by atoms with Gasteiger partial charge in [-0.15, -0.1) is 0 Å². The molecule has 0 aliphatic rings. The molecule has 0 radical (unpaired) electrons. The van der Waals surface area contributed by atoms with Gasteiger partial charge in [-0.05, 0) is 48.5 Å². The highest BCUT2D eigenvalue weighted by atomic mass is 19.2. The van der Waals surface area contributed by atoms with Crippen molar-refractivity contribution in [2.24, 2.45) is 0 Å². The van der Waals surface area contributed by atoms with Crippen LogP contribution >= 0.6 is 0 Å². The molecule has 0 unspecified atom stereocenters. The van der Waals surface area contributed by atoms with Crippen molar-refractivity contribution in [3.8, 4) is 0 Å². The lowest BCUT2D eigenvalue weighted by molar-refractivity contribution is 0.102. The Morgan fingerprint density at radius 2 is 1.58 bits per heavy atom. The van der Waals surface area contributed by atoms with Crippen molar-refractivity contribution in [2.45, 2.75) is 0 Å². The van der Waals surface area contributed by atoms with Crippen molar-refractivity contribution in [3.05, 3.63) is 84.2 Å². The van der Waals surface area contributed by atoms with Crippen LogP contribution in [0.1, 0.15) is 10.4 Å². The Labute approximate surface area is 137 Å². The minimum Gasteiger partial charge on any atom is -0.355 e. The highest BCUT2D eigenvalue weighted by molar-refractivity contribution is 6.04. The summed E-state index contributed by atoms with van der Waals surface area (Å²) in [4.78, 5) is 15.9. The fourth-order valence-corrected chi connectivity index (χ4v) is 2.08. The van der Waals surface area contributed by atoms with Crippen LogP contribution in [0.3, 0.4) is 0 Å². The second-order valence-electron chi connectivity index (χ2n) is 5.03. The first-order valence-electron chi connectivity index (χ1n) is 7.15. The van der Waals surface area contributed by atoms with E-state index in [0.717, 1.165) is 12.1 Å². The maximum Gasteiger partial charge on any atom is 0.257 e. The van der Waals surface area contributed by atoms with Gasteiger partial charge in [0.25, 0.3) is 5.91 Å². The summed E-state index contributed by atoms with van der Waals surface area (Å²) in [5.74, 6) is -2.07. The van der Waals surface area contributed by atoms with E-state index in [-0.39, 0.29) is 5.91 Å². The van der Waals surface area contributed by atoms with E-state index in [1.807, 2.05) is 0 Å². The van der Waals surface area contributed by atoms with Crippen molar-refractivity contribution < 1.29 is 13.6 Å². The first-order valence-corrected chi connectivity index (χ1v) is 7.15. The number of carbonyl (C=O) groups excluding carboxylic acids is 1. The lowest BCUT2D eigenvalue weighted by Crippen LogP contribution is -2.11. The lowest BCUT2D eigenvalue weighted by atomic mass is 10.2. The molecule has 3 rings (SSSR count). The third-order valence-electron chi connectivity index (χ3n) is 3.27. The maximum absolute atomic E-state index is 13.2. The molecule has 0 aliphatic carbocycles. The molecule has 1 heterocycles. The van der Waals surface area contributed by atoms with Crippen LogP contribution in [-0.2, 0) is 0 Å². The highest BCUT2D eigenvalue weighted by Crippen LogP contribution is 2.21. The number of pyridine rings is 1. The minimum absolute atomic E-state index is 0.260. The smallest absolute Gasteiger partial charge is 0.257 e. The summed E-state index contributed by atoms with van der Waals surface area (Å²) in [7, 11) is 0. The zero-order valence-electron chi connectivity index (χ0n) is 12.5. The number of carbonyl (C=O) groups is 1. The molecule has 1 aromatic heterocycles. The normalized spacial score (nSPS) is 10.2. The molecule has 0 saturated carbocycles. The van der Waals surface area contributed by atoms with Gasteiger partial charge in [-0.3, -0.25) is 9.78 Å². The lowest BCUT2D eigenvalue weighted by Gasteiger charge is -2.09. The number of amides is 1. The fraction of sp³-hybridized carbons (Fsp3) is 0. The molecular formula is C18H13F2N3O. The summed E-state index contributed by atoms with van der Waals surface area (Å²) in [5, 5.41) is 5.70. The van der Waals surface area contributed by atoms with Crippen LogP contribution in [0.15, 0.2) is 67.0 Å². The van der Waals surface area contributed by atoms with Crippen molar-refractivity contribution in [1.82, 2.24) is 4.98 Å². The number of rotatable bonds is 4. The standard InChI is InChI=1S/C18H13F2N3O/c19-16-8-7-15(10-17(16)20)22-13-3-5-14(6-4-13)23-18(24)12-2-1-9-21-11-12/h1-11,22H,(H,23,24). The molecule has 0 atom stereocenters. The number of anilines is 3. The van der Waals surface area contributed by atoms with Crippen LogP contribution in [-0.4, -0.2) is 10.9 Å². The van der Waals surface area contributed by atoms with Crippen molar-refractivity contribution in [3.63, 3.8) is 0 Å². The van der Waals surface area contributed by atoms with Crippen LogP contribution in [0.4, 0.5) is 25.8 Å². The molecule has 0 aliphatic heterocycles. The van der Waals surface area contributed by atoms with Crippen molar-refractivity contribution in [1.29, 1.82) is 0 Å². The van der Waals surface area contributed by atoms with Gasteiger partial charge in [0.2, 0.25) is 0 Å². The van der Waals surface area contributed by atoms with Crippen LogP contribution in [0, 0.1) is 11.6 Å².